The number of hydrogen-bond donors (Lipinski definition) is 1. The Bertz CT molecular complexity index is 726. The van der Waals surface area contributed by atoms with Gasteiger partial charge >= 0.3 is 5.97 Å². The minimum Gasteiger partial charge on any atom is -0.451 e. The molecule has 2 amide bonds. The molecule has 144 valence electrons. The molecule has 26 heavy (non-hydrogen) atoms. The molecule has 0 aromatic carbocycles. The number of amides is 2. The van der Waals surface area contributed by atoms with Crippen molar-refractivity contribution in [3.63, 3.8) is 0 Å². The lowest BCUT2D eigenvalue weighted by molar-refractivity contribution is -0.143. The number of rotatable bonds is 5. The number of sulfone groups is 1. The zero-order chi connectivity index (χ0) is 18.7. The zero-order valence-electron chi connectivity index (χ0n) is 14.5. The molecule has 0 spiro atoms. The maximum atomic E-state index is 12.1. The number of carbonyl (C=O) groups is 3. The van der Waals surface area contributed by atoms with Crippen LogP contribution in [-0.4, -0.2) is 67.1 Å². The Balaban J connectivity index is 1.55. The molecule has 3 rings (SSSR count). The zero-order valence-corrected chi connectivity index (χ0v) is 15.3. The van der Waals surface area contributed by atoms with E-state index in [0.29, 0.717) is 6.42 Å². The number of esters is 1. The molecule has 9 nitrogen and oxygen atoms in total. The van der Waals surface area contributed by atoms with Crippen LogP contribution in [0, 0.1) is 0 Å². The van der Waals surface area contributed by atoms with Gasteiger partial charge in [0.25, 0.3) is 5.91 Å². The summed E-state index contributed by atoms with van der Waals surface area (Å²) in [6.07, 6.45) is 4.55. The maximum absolute atomic E-state index is 12.1. The van der Waals surface area contributed by atoms with Crippen LogP contribution in [-0.2, 0) is 29.0 Å². The summed E-state index contributed by atoms with van der Waals surface area (Å²) < 4.78 is 28.2. The predicted molar refractivity (Wildman–Crippen MR) is 91.9 cm³/mol. The number of nitrogens with one attached hydrogen (secondary N) is 1. The lowest BCUT2D eigenvalue weighted by atomic mass is 10.1. The first-order valence-electron chi connectivity index (χ1n) is 8.90. The molecule has 2 heterocycles. The van der Waals surface area contributed by atoms with E-state index < -0.39 is 21.8 Å². The van der Waals surface area contributed by atoms with Crippen LogP contribution in [0.3, 0.4) is 0 Å². The van der Waals surface area contributed by atoms with Gasteiger partial charge in [-0.1, -0.05) is 12.8 Å². The summed E-state index contributed by atoms with van der Waals surface area (Å²) in [6, 6.07) is -0.396. The third-order valence-electron chi connectivity index (χ3n) is 4.90. The summed E-state index contributed by atoms with van der Waals surface area (Å²) in [6.45, 7) is -0.389. The number of hydrogen-bond acceptors (Lipinski definition) is 7. The van der Waals surface area contributed by atoms with Gasteiger partial charge in [-0.05, 0) is 19.3 Å². The highest BCUT2D eigenvalue weighted by Gasteiger charge is 2.37. The van der Waals surface area contributed by atoms with Crippen LogP contribution >= 0.6 is 0 Å². The van der Waals surface area contributed by atoms with Gasteiger partial charge in [-0.15, -0.1) is 0 Å². The van der Waals surface area contributed by atoms with Crippen LogP contribution in [0.25, 0.3) is 0 Å². The highest BCUT2D eigenvalue weighted by atomic mass is 32.2. The Morgan fingerprint density at radius 1 is 1.19 bits per heavy atom. The van der Waals surface area contributed by atoms with Crippen molar-refractivity contribution < 1.29 is 27.5 Å². The summed E-state index contributed by atoms with van der Waals surface area (Å²) in [7, 11) is -3.17. The van der Waals surface area contributed by atoms with Gasteiger partial charge in [0.05, 0.1) is 17.5 Å². The minimum absolute atomic E-state index is 0.0120. The van der Waals surface area contributed by atoms with Gasteiger partial charge in [-0.2, -0.15) is 5.10 Å². The Labute approximate surface area is 152 Å². The molecule has 0 aromatic heterocycles. The second-order valence-electron chi connectivity index (χ2n) is 6.97. The lowest BCUT2D eigenvalue weighted by Crippen LogP contribution is -2.42. The monoisotopic (exact) mass is 385 g/mol. The van der Waals surface area contributed by atoms with Gasteiger partial charge in [-0.25, -0.2) is 18.2 Å². The van der Waals surface area contributed by atoms with Crippen LogP contribution in [0.15, 0.2) is 5.10 Å². The smallest absolute Gasteiger partial charge is 0.355 e. The van der Waals surface area contributed by atoms with E-state index in [4.69, 9.17) is 4.74 Å². The Morgan fingerprint density at radius 3 is 2.58 bits per heavy atom. The van der Waals surface area contributed by atoms with Crippen molar-refractivity contribution in [2.75, 3.05) is 18.1 Å². The summed E-state index contributed by atoms with van der Waals surface area (Å²) in [5.41, 5.74) is 0.0440. The first-order chi connectivity index (χ1) is 12.3. The molecular weight excluding hydrogens is 362 g/mol. The van der Waals surface area contributed by atoms with Crippen molar-refractivity contribution in [3.8, 4) is 0 Å². The van der Waals surface area contributed by atoms with Crippen LogP contribution in [0.5, 0.6) is 0 Å². The fraction of sp³-hybridized carbons (Fsp3) is 0.750. The summed E-state index contributed by atoms with van der Waals surface area (Å²) >= 11 is 0. The molecule has 0 aromatic rings. The van der Waals surface area contributed by atoms with E-state index in [0.717, 1.165) is 30.7 Å². The van der Waals surface area contributed by atoms with Crippen molar-refractivity contribution in [2.45, 2.75) is 57.0 Å². The topological polar surface area (TPSA) is 122 Å². The number of carbonyl (C=O) groups excluding carboxylic acids is 3. The number of nitrogens with zero attached hydrogens (tertiary/aromatic N) is 2. The van der Waals surface area contributed by atoms with Gasteiger partial charge < -0.3 is 10.1 Å². The molecule has 1 atom stereocenters. The molecule has 1 N–H and O–H groups in total. The second-order valence-corrected chi connectivity index (χ2v) is 9.20. The van der Waals surface area contributed by atoms with E-state index in [-0.39, 0.29) is 54.5 Å². The molecule has 0 radical (unpaired) electrons. The number of hydrazone groups is 1. The largest absolute Gasteiger partial charge is 0.451 e. The first kappa shape index (κ1) is 18.8. The van der Waals surface area contributed by atoms with Crippen LogP contribution in [0.4, 0.5) is 0 Å². The van der Waals surface area contributed by atoms with Gasteiger partial charge in [0.15, 0.2) is 16.4 Å². The molecule has 0 bridgehead atoms. The van der Waals surface area contributed by atoms with Gasteiger partial charge in [0.2, 0.25) is 5.91 Å². The molecule has 3 aliphatic rings. The van der Waals surface area contributed by atoms with Crippen molar-refractivity contribution >= 4 is 33.3 Å². The average molecular weight is 385 g/mol. The SMILES string of the molecule is O=C(COC(=O)C1=NN([C@@H]2CCS(=O)(=O)C2)C(=O)CC1)NC1CCCC1. The van der Waals surface area contributed by atoms with E-state index >= 15 is 0 Å². The molecule has 2 aliphatic heterocycles. The Hall–Kier alpha value is -1.97. The van der Waals surface area contributed by atoms with Gasteiger partial charge in [0, 0.05) is 18.9 Å². The third kappa shape index (κ3) is 4.60. The predicted octanol–water partition coefficient (Wildman–Crippen LogP) is -0.246. The van der Waals surface area contributed by atoms with E-state index in [1.165, 1.54) is 0 Å². The fourth-order valence-electron chi connectivity index (χ4n) is 3.53. The van der Waals surface area contributed by atoms with Crippen LogP contribution in [0.2, 0.25) is 0 Å². The summed E-state index contributed by atoms with van der Waals surface area (Å²) in [4.78, 5) is 36.0. The van der Waals surface area contributed by atoms with Gasteiger partial charge in [0.1, 0.15) is 5.71 Å². The van der Waals surface area contributed by atoms with E-state index in [2.05, 4.69) is 10.4 Å². The maximum Gasteiger partial charge on any atom is 0.355 e. The Morgan fingerprint density at radius 2 is 1.92 bits per heavy atom. The quantitative estimate of drug-likeness (QED) is 0.652. The summed E-state index contributed by atoms with van der Waals surface area (Å²) in [5.74, 6) is -1.53. The van der Waals surface area contributed by atoms with Gasteiger partial charge in [-0.3, -0.25) is 9.59 Å². The first-order valence-corrected chi connectivity index (χ1v) is 10.7. The van der Waals surface area contributed by atoms with E-state index in [1.54, 1.807) is 0 Å². The molecule has 2 fully saturated rings. The average Bonchev–Trinajstić information content (AvgIpc) is 3.22. The van der Waals surface area contributed by atoms with Crippen LogP contribution in [0.1, 0.15) is 44.9 Å². The Kier molecular flexibility index (Phi) is 5.59. The minimum atomic E-state index is -3.17. The van der Waals surface area contributed by atoms with Crippen molar-refractivity contribution in [3.05, 3.63) is 0 Å². The highest BCUT2D eigenvalue weighted by molar-refractivity contribution is 7.91. The fourth-order valence-corrected chi connectivity index (χ4v) is 5.22. The molecule has 1 saturated carbocycles. The van der Waals surface area contributed by atoms with Crippen molar-refractivity contribution in [1.29, 1.82) is 0 Å². The van der Waals surface area contributed by atoms with Crippen molar-refractivity contribution in [2.24, 2.45) is 5.10 Å². The standard InChI is InChI=1S/C16H23N3O6S/c20-14(17-11-3-1-2-4-11)9-25-16(22)13-5-6-15(21)19(18-13)12-7-8-26(23,24)10-12/h11-12H,1-10H2,(H,17,20)/t12-/m1/s1. The number of ether oxygens (including phenoxy) is 1. The molecule has 1 aliphatic carbocycles. The molecule has 10 heteroatoms. The molecular formula is C16H23N3O6S. The molecule has 0 unspecified atom stereocenters. The molecule has 1 saturated heterocycles. The normalized spacial score (nSPS) is 25.8. The van der Waals surface area contributed by atoms with Crippen molar-refractivity contribution in [1.82, 2.24) is 10.3 Å². The van der Waals surface area contributed by atoms with Crippen LogP contribution < -0.4 is 5.32 Å². The third-order valence-corrected chi connectivity index (χ3v) is 6.65. The summed E-state index contributed by atoms with van der Waals surface area (Å²) in [5, 5.41) is 7.94. The van der Waals surface area contributed by atoms with E-state index in [1.807, 2.05) is 0 Å². The lowest BCUT2D eigenvalue weighted by Gasteiger charge is -2.27. The second kappa shape index (κ2) is 7.73. The highest BCUT2D eigenvalue weighted by Crippen LogP contribution is 2.22. The van der Waals surface area contributed by atoms with E-state index in [9.17, 15) is 22.8 Å².